The number of Topliss-reactive ketones (excluding diaryl/α,β-unsaturated/α-hetero) is 1. The number of hydrogen-bond acceptors (Lipinski definition) is 1. The van der Waals surface area contributed by atoms with Crippen LogP contribution in [-0.2, 0) is 0 Å². The minimum absolute atomic E-state index is 0. The van der Waals surface area contributed by atoms with Crippen LogP contribution in [0.2, 0.25) is 0 Å². The van der Waals surface area contributed by atoms with Gasteiger partial charge >= 0.3 is 0 Å². The third kappa shape index (κ3) is 4.19. The van der Waals surface area contributed by atoms with Gasteiger partial charge in [0.2, 0.25) is 0 Å². The molecule has 2 aromatic rings. The van der Waals surface area contributed by atoms with Crippen LogP contribution < -0.4 is 17.3 Å². The highest BCUT2D eigenvalue weighted by Crippen LogP contribution is 2.24. The maximum absolute atomic E-state index is 12.3. The average Bonchev–Trinajstić information content (AvgIpc) is 2.45. The zero-order valence-corrected chi connectivity index (χ0v) is 12.7. The van der Waals surface area contributed by atoms with Gasteiger partial charge in [-0.1, -0.05) is 54.6 Å². The van der Waals surface area contributed by atoms with Crippen molar-refractivity contribution in [3.8, 4) is 11.1 Å². The molecule has 0 aliphatic heterocycles. The monoisotopic (exact) mass is 289 g/mol. The first kappa shape index (κ1) is 16.4. The number of quaternary nitrogens is 1. The number of rotatable bonds is 5. The van der Waals surface area contributed by atoms with Gasteiger partial charge in [-0.15, -0.1) is 0 Å². The molecular formula is C17H20ClNO. The summed E-state index contributed by atoms with van der Waals surface area (Å²) < 4.78 is 0. The van der Waals surface area contributed by atoms with Crippen molar-refractivity contribution in [2.24, 2.45) is 0 Å². The molecule has 0 unspecified atom stereocenters. The van der Waals surface area contributed by atoms with Crippen LogP contribution in [0.15, 0.2) is 54.6 Å². The molecule has 20 heavy (non-hydrogen) atoms. The average molecular weight is 290 g/mol. The predicted octanol–water partition coefficient (Wildman–Crippen LogP) is -0.925. The molecule has 0 saturated carbocycles. The second kappa shape index (κ2) is 7.83. The molecule has 0 aromatic heterocycles. The molecule has 3 heteroatoms. The van der Waals surface area contributed by atoms with Crippen LogP contribution in [0.5, 0.6) is 0 Å². The first-order valence-corrected chi connectivity index (χ1v) is 6.65. The second-order valence-corrected chi connectivity index (χ2v) is 5.04. The highest BCUT2D eigenvalue weighted by atomic mass is 35.5. The third-order valence-electron chi connectivity index (χ3n) is 3.16. The van der Waals surface area contributed by atoms with Crippen molar-refractivity contribution in [3.63, 3.8) is 0 Å². The lowest BCUT2D eigenvalue weighted by Gasteiger charge is -2.10. The summed E-state index contributed by atoms with van der Waals surface area (Å²) in [5, 5.41) is 0. The summed E-state index contributed by atoms with van der Waals surface area (Å²) in [5.74, 6) is 0.223. The highest BCUT2D eigenvalue weighted by molar-refractivity contribution is 6.02. The Hall–Kier alpha value is -1.64. The molecule has 0 aliphatic rings. The Kier molecular flexibility index (Phi) is 6.43. The molecule has 0 saturated heterocycles. The van der Waals surface area contributed by atoms with Gasteiger partial charge in [0, 0.05) is 5.56 Å². The molecule has 106 valence electrons. The standard InChI is InChI=1S/C17H19NO.ClH/c1-18(2)13-12-17(19)16-11-7-6-10-15(16)14-8-4-3-5-9-14;/h3-11H,12-13H2,1-2H3;1H. The number of ketones is 1. The quantitative estimate of drug-likeness (QED) is 0.706. The maximum atomic E-state index is 12.3. The normalized spacial score (nSPS) is 10.2. The molecule has 0 aliphatic carbocycles. The minimum Gasteiger partial charge on any atom is -1.00 e. The molecular weight excluding hydrogens is 270 g/mol. The molecule has 0 heterocycles. The van der Waals surface area contributed by atoms with Crippen LogP contribution in [-0.4, -0.2) is 26.4 Å². The lowest BCUT2D eigenvalue weighted by Crippen LogP contribution is -3.05. The maximum Gasteiger partial charge on any atom is 0.169 e. The molecule has 0 bridgehead atoms. The Labute approximate surface area is 126 Å². The number of hydrogen-bond donors (Lipinski definition) is 1. The van der Waals surface area contributed by atoms with E-state index in [0.29, 0.717) is 6.42 Å². The van der Waals surface area contributed by atoms with E-state index in [9.17, 15) is 4.79 Å². The van der Waals surface area contributed by atoms with E-state index in [4.69, 9.17) is 0 Å². The van der Waals surface area contributed by atoms with Gasteiger partial charge in [-0.2, -0.15) is 0 Å². The number of carbonyl (C=O) groups excluding carboxylic acids is 1. The van der Waals surface area contributed by atoms with Crippen molar-refractivity contribution in [2.45, 2.75) is 6.42 Å². The summed E-state index contributed by atoms with van der Waals surface area (Å²) in [6.07, 6.45) is 0.589. The van der Waals surface area contributed by atoms with Crippen molar-refractivity contribution in [2.75, 3.05) is 20.6 Å². The summed E-state index contributed by atoms with van der Waals surface area (Å²) in [4.78, 5) is 13.6. The lowest BCUT2D eigenvalue weighted by molar-refractivity contribution is -0.857. The van der Waals surface area contributed by atoms with Crippen LogP contribution in [0.3, 0.4) is 0 Å². The largest absolute Gasteiger partial charge is 1.00 e. The summed E-state index contributed by atoms with van der Waals surface area (Å²) in [5.41, 5.74) is 2.96. The van der Waals surface area contributed by atoms with Crippen molar-refractivity contribution in [1.29, 1.82) is 0 Å². The van der Waals surface area contributed by atoms with E-state index in [1.165, 1.54) is 4.90 Å². The van der Waals surface area contributed by atoms with Crippen LogP contribution >= 0.6 is 0 Å². The van der Waals surface area contributed by atoms with Gasteiger partial charge in [-0.25, -0.2) is 0 Å². The second-order valence-electron chi connectivity index (χ2n) is 5.04. The third-order valence-corrected chi connectivity index (χ3v) is 3.16. The van der Waals surface area contributed by atoms with Crippen LogP contribution in [0, 0.1) is 0 Å². The van der Waals surface area contributed by atoms with Gasteiger partial charge in [0.25, 0.3) is 0 Å². The molecule has 2 rings (SSSR count). The Morgan fingerprint density at radius 1 is 0.950 bits per heavy atom. The topological polar surface area (TPSA) is 21.5 Å². The molecule has 0 amide bonds. The van der Waals surface area contributed by atoms with Crippen molar-refractivity contribution >= 4 is 5.78 Å². The van der Waals surface area contributed by atoms with Crippen molar-refractivity contribution in [1.82, 2.24) is 0 Å². The van der Waals surface area contributed by atoms with Gasteiger partial charge < -0.3 is 17.3 Å². The molecule has 1 N–H and O–H groups in total. The summed E-state index contributed by atoms with van der Waals surface area (Å²) in [6.45, 7) is 0.863. The van der Waals surface area contributed by atoms with Gasteiger partial charge in [-0.3, -0.25) is 4.79 Å². The van der Waals surface area contributed by atoms with Gasteiger partial charge in [0.1, 0.15) is 0 Å². The molecule has 2 nitrogen and oxygen atoms in total. The number of benzene rings is 2. The number of halogens is 1. The van der Waals surface area contributed by atoms with E-state index < -0.39 is 0 Å². The van der Waals surface area contributed by atoms with E-state index in [0.717, 1.165) is 23.2 Å². The molecule has 0 spiro atoms. The minimum atomic E-state index is 0. The van der Waals surface area contributed by atoms with Crippen LogP contribution in [0.1, 0.15) is 16.8 Å². The Balaban J connectivity index is 0.00000200. The molecule has 2 aromatic carbocycles. The zero-order valence-electron chi connectivity index (χ0n) is 11.9. The van der Waals surface area contributed by atoms with E-state index in [1.807, 2.05) is 54.6 Å². The van der Waals surface area contributed by atoms with Crippen molar-refractivity contribution in [3.05, 3.63) is 60.2 Å². The van der Waals surface area contributed by atoms with Gasteiger partial charge in [-0.05, 0) is 11.1 Å². The number of nitrogens with one attached hydrogen (secondary N) is 1. The molecule has 0 fully saturated rings. The number of carbonyl (C=O) groups is 1. The van der Waals surface area contributed by atoms with Gasteiger partial charge in [0.15, 0.2) is 5.78 Å². The van der Waals surface area contributed by atoms with Crippen molar-refractivity contribution < 1.29 is 22.1 Å². The fourth-order valence-corrected chi connectivity index (χ4v) is 2.09. The van der Waals surface area contributed by atoms with Gasteiger partial charge in [0.05, 0.1) is 27.1 Å². The highest BCUT2D eigenvalue weighted by Gasteiger charge is 2.13. The zero-order chi connectivity index (χ0) is 13.7. The SMILES string of the molecule is C[NH+](C)CCC(=O)c1ccccc1-c1ccccc1.[Cl-]. The van der Waals surface area contributed by atoms with Crippen LogP contribution in [0.4, 0.5) is 0 Å². The van der Waals surface area contributed by atoms with Crippen LogP contribution in [0.25, 0.3) is 11.1 Å². The molecule has 0 radical (unpaired) electrons. The molecule has 0 atom stereocenters. The predicted molar refractivity (Wildman–Crippen MR) is 78.5 cm³/mol. The van der Waals surface area contributed by atoms with E-state index in [-0.39, 0.29) is 18.2 Å². The Bertz CT molecular complexity index is 552. The van der Waals surface area contributed by atoms with E-state index in [2.05, 4.69) is 14.1 Å². The fourth-order valence-electron chi connectivity index (χ4n) is 2.09. The summed E-state index contributed by atoms with van der Waals surface area (Å²) in [7, 11) is 4.13. The summed E-state index contributed by atoms with van der Waals surface area (Å²) >= 11 is 0. The first-order chi connectivity index (χ1) is 9.18. The lowest BCUT2D eigenvalue weighted by atomic mass is 9.96. The summed E-state index contributed by atoms with van der Waals surface area (Å²) in [6, 6.07) is 17.9. The van der Waals surface area contributed by atoms with E-state index >= 15 is 0 Å². The fraction of sp³-hybridized carbons (Fsp3) is 0.235. The Morgan fingerprint density at radius 3 is 2.20 bits per heavy atom. The Morgan fingerprint density at radius 2 is 1.55 bits per heavy atom. The first-order valence-electron chi connectivity index (χ1n) is 6.65. The smallest absolute Gasteiger partial charge is 0.169 e. The van der Waals surface area contributed by atoms with E-state index in [1.54, 1.807) is 0 Å².